The van der Waals surface area contributed by atoms with Crippen molar-refractivity contribution in [3.05, 3.63) is 29.6 Å². The van der Waals surface area contributed by atoms with Crippen molar-refractivity contribution in [2.45, 2.75) is 62.3 Å². The number of fused-ring (bicyclic) bond motifs is 1. The van der Waals surface area contributed by atoms with Gasteiger partial charge in [0.05, 0.1) is 17.6 Å². The van der Waals surface area contributed by atoms with E-state index in [0.717, 1.165) is 38.0 Å². The number of urea groups is 1. The van der Waals surface area contributed by atoms with Crippen LogP contribution in [-0.4, -0.2) is 77.8 Å². The van der Waals surface area contributed by atoms with Gasteiger partial charge >= 0.3 is 12.2 Å². The summed E-state index contributed by atoms with van der Waals surface area (Å²) in [6.07, 6.45) is 0.962. The topological polar surface area (TPSA) is 74.8 Å². The number of carbonyl (C=O) groups excluding carboxylic acids is 2. The molecular weight excluding hydrogens is 449 g/mol. The van der Waals surface area contributed by atoms with Gasteiger partial charge in [0.15, 0.2) is 0 Å². The van der Waals surface area contributed by atoms with Crippen LogP contribution >= 0.6 is 0 Å². The van der Waals surface area contributed by atoms with Gasteiger partial charge in [-0.05, 0) is 62.1 Å². The predicted octanol–water partition coefficient (Wildman–Crippen LogP) is 2.64. The fourth-order valence-electron chi connectivity index (χ4n) is 6.58. The van der Waals surface area contributed by atoms with Crippen molar-refractivity contribution >= 4 is 11.9 Å². The number of rotatable bonds is 3. The minimum atomic E-state index is -4.21. The summed E-state index contributed by atoms with van der Waals surface area (Å²) < 4.78 is 46.0. The van der Waals surface area contributed by atoms with E-state index in [1.807, 2.05) is 9.80 Å². The summed E-state index contributed by atoms with van der Waals surface area (Å²) >= 11 is 0. The number of alkyl halides is 3. The molecule has 4 heterocycles. The highest BCUT2D eigenvalue weighted by Crippen LogP contribution is 2.59. The minimum Gasteiger partial charge on any atom is -0.366 e. The van der Waals surface area contributed by atoms with Crippen LogP contribution < -0.4 is 5.32 Å². The number of aromatic nitrogens is 1. The molecule has 1 N–H and O–H groups in total. The van der Waals surface area contributed by atoms with Crippen molar-refractivity contribution in [3.8, 4) is 0 Å². The van der Waals surface area contributed by atoms with Gasteiger partial charge in [-0.15, -0.1) is 0 Å². The minimum absolute atomic E-state index is 0.0172. The molecule has 184 valence electrons. The van der Waals surface area contributed by atoms with Gasteiger partial charge in [-0.2, -0.15) is 13.2 Å². The molecule has 1 aromatic heterocycles. The first-order valence-corrected chi connectivity index (χ1v) is 12.1. The third-order valence-corrected chi connectivity index (χ3v) is 8.52. The van der Waals surface area contributed by atoms with Gasteiger partial charge < -0.3 is 19.9 Å². The first-order chi connectivity index (χ1) is 16.2. The number of hydrogen-bond acceptors (Lipinski definition) is 4. The number of pyridine rings is 1. The third-order valence-electron chi connectivity index (χ3n) is 8.52. The van der Waals surface area contributed by atoms with Crippen LogP contribution in [0.4, 0.5) is 18.0 Å². The van der Waals surface area contributed by atoms with Gasteiger partial charge in [-0.25, -0.2) is 4.79 Å². The molecule has 0 aromatic carbocycles. The second-order valence-electron chi connectivity index (χ2n) is 11.0. The highest BCUT2D eigenvalue weighted by molar-refractivity contribution is 5.79. The number of nitrogens with one attached hydrogen (secondary N) is 1. The number of hydrogen-bond donors (Lipinski definition) is 1. The summed E-state index contributed by atoms with van der Waals surface area (Å²) in [5.41, 5.74) is -0.439. The summed E-state index contributed by atoms with van der Waals surface area (Å²) in [6, 6.07) is 3.04. The van der Waals surface area contributed by atoms with Crippen LogP contribution in [-0.2, 0) is 21.4 Å². The maximum absolute atomic E-state index is 13.5. The maximum Gasteiger partial charge on any atom is 0.398 e. The van der Waals surface area contributed by atoms with Gasteiger partial charge in [0.25, 0.3) is 0 Å². The number of nitrogens with zero attached hydrogens (tertiary/aromatic N) is 3. The molecule has 3 amide bonds. The lowest BCUT2D eigenvalue weighted by Crippen LogP contribution is -2.68. The summed E-state index contributed by atoms with van der Waals surface area (Å²) in [6.45, 7) is 2.64. The van der Waals surface area contributed by atoms with Crippen LogP contribution in [0.2, 0.25) is 0 Å². The van der Waals surface area contributed by atoms with E-state index < -0.39 is 11.6 Å². The van der Waals surface area contributed by atoms with E-state index in [1.54, 1.807) is 6.07 Å². The quantitative estimate of drug-likeness (QED) is 0.725. The number of morpholine rings is 1. The van der Waals surface area contributed by atoms with Crippen LogP contribution in [0.25, 0.3) is 0 Å². The second kappa shape index (κ2) is 7.57. The molecule has 2 atom stereocenters. The molecule has 2 saturated carbocycles. The van der Waals surface area contributed by atoms with Gasteiger partial charge in [0.2, 0.25) is 5.91 Å². The highest BCUT2D eigenvalue weighted by atomic mass is 19.4. The molecule has 1 spiro atoms. The normalized spacial score (nSPS) is 29.7. The Morgan fingerprint density at radius 1 is 1.24 bits per heavy atom. The standard InChI is InChI=1S/C24H29F3N4O3/c25-24(26,27)23(3-4-23)16-1-5-28-17(8-16)7-15-9-22(10-15)13-31(14-22)21(33)30-6-2-19-18(11-30)29-20(32)12-34-19/h1,5,8,15,18-19H,2-4,6-7,9-14H2,(H,29,32)/t18-,19+/m1/s1. The monoisotopic (exact) mass is 478 g/mol. The maximum atomic E-state index is 13.5. The lowest BCUT2D eigenvalue weighted by atomic mass is 9.57. The Hall–Kier alpha value is -2.36. The van der Waals surface area contributed by atoms with Crippen molar-refractivity contribution in [1.29, 1.82) is 0 Å². The molecule has 6 rings (SSSR count). The first kappa shape index (κ1) is 22.1. The van der Waals surface area contributed by atoms with Crippen molar-refractivity contribution in [1.82, 2.24) is 20.1 Å². The fourth-order valence-corrected chi connectivity index (χ4v) is 6.58. The summed E-state index contributed by atoms with van der Waals surface area (Å²) in [4.78, 5) is 32.6. The smallest absolute Gasteiger partial charge is 0.366 e. The van der Waals surface area contributed by atoms with E-state index in [9.17, 15) is 22.8 Å². The number of likely N-dealkylation sites (tertiary alicyclic amines) is 2. The first-order valence-electron chi connectivity index (χ1n) is 12.1. The molecule has 0 bridgehead atoms. The van der Waals surface area contributed by atoms with Crippen LogP contribution in [0.1, 0.15) is 43.4 Å². The van der Waals surface area contributed by atoms with E-state index in [2.05, 4.69) is 10.3 Å². The van der Waals surface area contributed by atoms with Crippen LogP contribution in [0, 0.1) is 11.3 Å². The molecule has 2 aliphatic carbocycles. The Morgan fingerprint density at radius 2 is 2.00 bits per heavy atom. The molecule has 7 nitrogen and oxygen atoms in total. The molecule has 34 heavy (non-hydrogen) atoms. The number of carbonyl (C=O) groups is 2. The summed E-state index contributed by atoms with van der Waals surface area (Å²) in [5.74, 6) is 0.260. The van der Waals surface area contributed by atoms with Gasteiger partial charge in [-0.3, -0.25) is 9.78 Å². The molecule has 5 aliphatic rings. The Balaban J connectivity index is 0.996. The second-order valence-corrected chi connectivity index (χ2v) is 11.0. The van der Waals surface area contributed by atoms with Crippen molar-refractivity contribution in [2.24, 2.45) is 11.3 Å². The lowest BCUT2D eigenvalue weighted by Gasteiger charge is -2.60. The molecule has 3 aliphatic heterocycles. The Morgan fingerprint density at radius 3 is 2.71 bits per heavy atom. The van der Waals surface area contributed by atoms with Gasteiger partial charge in [-0.1, -0.05) is 0 Å². The number of piperidine rings is 1. The summed E-state index contributed by atoms with van der Waals surface area (Å²) in [5, 5.41) is 2.93. The molecule has 0 unspecified atom stereocenters. The average molecular weight is 479 g/mol. The molecule has 10 heteroatoms. The van der Waals surface area contributed by atoms with Crippen LogP contribution in [0.5, 0.6) is 0 Å². The number of halogens is 3. The molecule has 5 fully saturated rings. The molecular formula is C24H29F3N4O3. The van der Waals surface area contributed by atoms with E-state index in [0.29, 0.717) is 31.0 Å². The fraction of sp³-hybridized carbons (Fsp3) is 0.708. The Labute approximate surface area is 196 Å². The van der Waals surface area contributed by atoms with Crippen LogP contribution in [0.15, 0.2) is 18.3 Å². The number of ether oxygens (including phenoxy) is 1. The van der Waals surface area contributed by atoms with Gasteiger partial charge in [0, 0.05) is 43.5 Å². The van der Waals surface area contributed by atoms with E-state index >= 15 is 0 Å². The third kappa shape index (κ3) is 3.65. The zero-order valence-corrected chi connectivity index (χ0v) is 18.9. The van der Waals surface area contributed by atoms with Crippen molar-refractivity contribution in [2.75, 3.05) is 32.8 Å². The lowest BCUT2D eigenvalue weighted by molar-refractivity contribution is -0.160. The van der Waals surface area contributed by atoms with Crippen molar-refractivity contribution in [3.63, 3.8) is 0 Å². The van der Waals surface area contributed by atoms with Gasteiger partial charge in [0.1, 0.15) is 6.61 Å². The zero-order valence-electron chi connectivity index (χ0n) is 18.9. The van der Waals surface area contributed by atoms with Crippen molar-refractivity contribution < 1.29 is 27.5 Å². The average Bonchev–Trinajstić information content (AvgIpc) is 3.56. The van der Waals surface area contributed by atoms with E-state index in [1.165, 1.54) is 12.3 Å². The molecule has 0 radical (unpaired) electrons. The largest absolute Gasteiger partial charge is 0.398 e. The summed E-state index contributed by atoms with van der Waals surface area (Å²) in [7, 11) is 0. The van der Waals surface area contributed by atoms with Crippen LogP contribution in [0.3, 0.4) is 0 Å². The number of amides is 3. The Kier molecular flexibility index (Phi) is 4.92. The highest BCUT2D eigenvalue weighted by Gasteiger charge is 2.64. The predicted molar refractivity (Wildman–Crippen MR) is 115 cm³/mol. The van der Waals surface area contributed by atoms with E-state index in [-0.39, 0.29) is 48.9 Å². The van der Waals surface area contributed by atoms with E-state index in [4.69, 9.17) is 4.74 Å². The SMILES string of the molecule is O=C1CO[C@H]2CCN(C(=O)N3CC4(CC(Cc5cc(C6(C(F)(F)F)CC6)ccn5)C4)C3)C[C@H]2N1. The molecule has 3 saturated heterocycles. The Bertz CT molecular complexity index is 997. The molecule has 1 aromatic rings. The zero-order chi connectivity index (χ0) is 23.7.